The lowest BCUT2D eigenvalue weighted by Crippen LogP contribution is -2.25. The van der Waals surface area contributed by atoms with Crippen molar-refractivity contribution in [2.24, 2.45) is 7.05 Å². The molecule has 4 rings (SSSR count). The van der Waals surface area contributed by atoms with Crippen LogP contribution in [-0.2, 0) is 18.4 Å². The van der Waals surface area contributed by atoms with Gasteiger partial charge in [-0.15, -0.1) is 0 Å². The van der Waals surface area contributed by atoms with Gasteiger partial charge in [0.15, 0.2) is 0 Å². The molecular weight excluding hydrogens is 462 g/mol. The number of rotatable bonds is 9. The average Bonchev–Trinajstić information content (AvgIpc) is 3.27. The van der Waals surface area contributed by atoms with Crippen molar-refractivity contribution in [3.05, 3.63) is 76.6 Å². The van der Waals surface area contributed by atoms with Crippen molar-refractivity contribution in [2.75, 3.05) is 12.4 Å². The Morgan fingerprint density at radius 3 is 2.58 bits per heavy atom. The van der Waals surface area contributed by atoms with E-state index in [0.29, 0.717) is 47.6 Å². The van der Waals surface area contributed by atoms with Gasteiger partial charge in [0.05, 0.1) is 23.7 Å². The number of aromatic nitrogens is 3. The predicted octanol–water partition coefficient (Wildman–Crippen LogP) is 3.34. The molecule has 2 aromatic carbocycles. The van der Waals surface area contributed by atoms with Crippen LogP contribution < -0.4 is 21.0 Å². The van der Waals surface area contributed by atoms with E-state index in [4.69, 9.17) is 9.94 Å². The molecule has 0 unspecified atom stereocenters. The molecule has 10 heteroatoms. The number of nitrogens with one attached hydrogen (secondary N) is 2. The zero-order valence-corrected chi connectivity index (χ0v) is 20.0. The molecular formula is C26H27N5O5. The van der Waals surface area contributed by atoms with E-state index < -0.39 is 17.2 Å². The lowest BCUT2D eigenvalue weighted by atomic mass is 10.1. The zero-order valence-electron chi connectivity index (χ0n) is 20.0. The third-order valence-electron chi connectivity index (χ3n) is 5.90. The molecule has 0 saturated heterocycles. The molecule has 36 heavy (non-hydrogen) atoms. The summed E-state index contributed by atoms with van der Waals surface area (Å²) in [6.45, 7) is 0.464. The molecule has 3 N–H and O–H groups in total. The number of hydroxylamine groups is 1. The lowest BCUT2D eigenvalue weighted by molar-refractivity contribution is -0.129. The van der Waals surface area contributed by atoms with E-state index in [1.54, 1.807) is 41.5 Å². The van der Waals surface area contributed by atoms with Crippen LogP contribution in [0.1, 0.15) is 29.6 Å². The Bertz CT molecular complexity index is 1460. The first kappa shape index (κ1) is 24.7. The molecule has 2 amide bonds. The van der Waals surface area contributed by atoms with E-state index in [9.17, 15) is 14.4 Å². The van der Waals surface area contributed by atoms with Crippen LogP contribution >= 0.6 is 0 Å². The number of amides is 2. The van der Waals surface area contributed by atoms with E-state index >= 15 is 0 Å². The van der Waals surface area contributed by atoms with Crippen LogP contribution in [0.15, 0.2) is 65.6 Å². The highest BCUT2D eigenvalue weighted by Crippen LogP contribution is 2.23. The zero-order chi connectivity index (χ0) is 25.7. The van der Waals surface area contributed by atoms with Crippen molar-refractivity contribution >= 4 is 28.5 Å². The summed E-state index contributed by atoms with van der Waals surface area (Å²) in [4.78, 5) is 37.9. The topological polar surface area (TPSA) is 127 Å². The fourth-order valence-electron chi connectivity index (χ4n) is 3.99. The normalized spacial score (nSPS) is 10.9. The second-order valence-electron chi connectivity index (χ2n) is 8.30. The Kier molecular flexibility index (Phi) is 7.45. The molecule has 4 aromatic rings. The summed E-state index contributed by atoms with van der Waals surface area (Å²) >= 11 is 0. The molecule has 0 aliphatic rings. The van der Waals surface area contributed by atoms with Crippen LogP contribution in [0.25, 0.3) is 22.2 Å². The average molecular weight is 490 g/mol. The first-order chi connectivity index (χ1) is 17.4. The summed E-state index contributed by atoms with van der Waals surface area (Å²) in [5.41, 5.74) is 3.43. The molecule has 0 aliphatic carbocycles. The molecule has 10 nitrogen and oxygen atoms in total. The van der Waals surface area contributed by atoms with Gasteiger partial charge in [-0.25, -0.2) is 5.48 Å². The maximum absolute atomic E-state index is 13.3. The second kappa shape index (κ2) is 10.9. The number of hydrogen-bond acceptors (Lipinski definition) is 6. The summed E-state index contributed by atoms with van der Waals surface area (Å²) in [6, 6.07) is 16.5. The van der Waals surface area contributed by atoms with Crippen molar-refractivity contribution < 1.29 is 19.5 Å². The number of ether oxygens (including phenoxy) is 1. The SMILES string of the molecule is COc1ccc2c(c1)c(=O)c(C(=O)Nc1cc(-c3ccccc3)nn1C)cn2CCCCC(=O)NO. The highest BCUT2D eigenvalue weighted by atomic mass is 16.5. The number of methoxy groups -OCH3 is 1. The molecule has 0 radical (unpaired) electrons. The van der Waals surface area contributed by atoms with Crippen molar-refractivity contribution in [3.8, 4) is 17.0 Å². The largest absolute Gasteiger partial charge is 0.497 e. The molecule has 0 atom stereocenters. The first-order valence-electron chi connectivity index (χ1n) is 11.5. The van der Waals surface area contributed by atoms with Gasteiger partial charge in [-0.1, -0.05) is 30.3 Å². The van der Waals surface area contributed by atoms with Gasteiger partial charge in [-0.05, 0) is 31.0 Å². The van der Waals surface area contributed by atoms with Crippen LogP contribution in [-0.4, -0.2) is 38.5 Å². The third kappa shape index (κ3) is 5.28. The molecule has 0 fully saturated rings. The van der Waals surface area contributed by atoms with Gasteiger partial charge >= 0.3 is 0 Å². The number of aryl methyl sites for hydroxylation is 2. The van der Waals surface area contributed by atoms with Crippen LogP contribution in [0.5, 0.6) is 5.75 Å². The summed E-state index contributed by atoms with van der Waals surface area (Å²) in [7, 11) is 3.23. The summed E-state index contributed by atoms with van der Waals surface area (Å²) < 4.78 is 8.65. The molecule has 0 aliphatic heterocycles. The van der Waals surface area contributed by atoms with E-state index in [2.05, 4.69) is 10.4 Å². The smallest absolute Gasteiger partial charge is 0.262 e. The fraction of sp³-hybridized carbons (Fsp3) is 0.231. The van der Waals surface area contributed by atoms with Crippen molar-refractivity contribution in [1.82, 2.24) is 19.8 Å². The van der Waals surface area contributed by atoms with Crippen molar-refractivity contribution in [1.29, 1.82) is 0 Å². The van der Waals surface area contributed by atoms with E-state index in [1.807, 2.05) is 34.9 Å². The van der Waals surface area contributed by atoms with Gasteiger partial charge in [0, 0.05) is 37.8 Å². The Labute approximate surface area is 207 Å². The van der Waals surface area contributed by atoms with Crippen LogP contribution in [0.4, 0.5) is 5.82 Å². The Balaban J connectivity index is 1.65. The summed E-state index contributed by atoms with van der Waals surface area (Å²) in [6.07, 6.45) is 2.82. The predicted molar refractivity (Wildman–Crippen MR) is 135 cm³/mol. The number of hydrogen-bond donors (Lipinski definition) is 3. The monoisotopic (exact) mass is 489 g/mol. The highest BCUT2D eigenvalue weighted by Gasteiger charge is 2.18. The number of anilines is 1. The minimum atomic E-state index is -0.555. The fourth-order valence-corrected chi connectivity index (χ4v) is 3.99. The number of pyridine rings is 1. The van der Waals surface area contributed by atoms with E-state index in [-0.39, 0.29) is 12.0 Å². The highest BCUT2D eigenvalue weighted by molar-refractivity contribution is 6.05. The molecule has 2 heterocycles. The summed E-state index contributed by atoms with van der Waals surface area (Å²) in [5.74, 6) is -0.0654. The van der Waals surface area contributed by atoms with Crippen molar-refractivity contribution in [3.63, 3.8) is 0 Å². The van der Waals surface area contributed by atoms with Gasteiger partial charge < -0.3 is 14.6 Å². The number of fused-ring (bicyclic) bond motifs is 1. The van der Waals surface area contributed by atoms with Gasteiger partial charge in [-0.2, -0.15) is 5.10 Å². The quantitative estimate of drug-likeness (QED) is 0.188. The number of benzene rings is 2. The maximum Gasteiger partial charge on any atom is 0.262 e. The van der Waals surface area contributed by atoms with Crippen molar-refractivity contribution in [2.45, 2.75) is 25.8 Å². The molecule has 0 saturated carbocycles. The van der Waals surface area contributed by atoms with Crippen LogP contribution in [0.2, 0.25) is 0 Å². The maximum atomic E-state index is 13.3. The molecule has 0 bridgehead atoms. The van der Waals surface area contributed by atoms with Gasteiger partial charge in [0.2, 0.25) is 11.3 Å². The minimum absolute atomic E-state index is 0.0219. The standard InChI is InChI=1S/C26H27N5O5/c1-30-23(15-21(28-30)17-8-4-3-5-9-17)27-26(34)20-16-31(13-7-6-10-24(32)29-35)22-12-11-18(36-2)14-19(22)25(20)33/h3-5,8-9,11-12,14-16,35H,6-7,10,13H2,1-2H3,(H,27,34)(H,29,32). The Morgan fingerprint density at radius 1 is 1.08 bits per heavy atom. The first-order valence-corrected chi connectivity index (χ1v) is 11.5. The molecule has 186 valence electrons. The minimum Gasteiger partial charge on any atom is -0.497 e. The third-order valence-corrected chi connectivity index (χ3v) is 5.90. The Morgan fingerprint density at radius 2 is 1.86 bits per heavy atom. The lowest BCUT2D eigenvalue weighted by Gasteiger charge is -2.14. The molecule has 0 spiro atoms. The Hall–Kier alpha value is -4.44. The van der Waals surface area contributed by atoms with Gasteiger partial charge in [0.25, 0.3) is 5.91 Å². The van der Waals surface area contributed by atoms with E-state index in [0.717, 1.165) is 5.56 Å². The van der Waals surface area contributed by atoms with Crippen LogP contribution in [0, 0.1) is 0 Å². The number of unbranched alkanes of at least 4 members (excludes halogenated alkanes) is 1. The number of nitrogens with zero attached hydrogens (tertiary/aromatic N) is 3. The second-order valence-corrected chi connectivity index (χ2v) is 8.30. The summed E-state index contributed by atoms with van der Waals surface area (Å²) in [5, 5.41) is 16.3. The number of carbonyl (C=O) groups excluding carboxylic acids is 2. The van der Waals surface area contributed by atoms with E-state index in [1.165, 1.54) is 13.3 Å². The molecule has 2 aromatic heterocycles. The number of carbonyl (C=O) groups is 2. The van der Waals surface area contributed by atoms with Gasteiger partial charge in [0.1, 0.15) is 17.1 Å². The van der Waals surface area contributed by atoms with Gasteiger partial charge in [-0.3, -0.25) is 24.3 Å². The van der Waals surface area contributed by atoms with Crippen LogP contribution in [0.3, 0.4) is 0 Å².